The van der Waals surface area contributed by atoms with Crippen LogP contribution in [0.1, 0.15) is 33.1 Å². The summed E-state index contributed by atoms with van der Waals surface area (Å²) in [7, 11) is 0. The quantitative estimate of drug-likeness (QED) is 0.344. The third kappa shape index (κ3) is 4.35. The molecule has 0 saturated heterocycles. The number of rotatable bonds is 2. The Morgan fingerprint density at radius 2 is 1.31 bits per heavy atom. The molecule has 0 heterocycles. The molecular weight excluding hydrogens is 406 g/mol. The molecule has 2 aliphatic carbocycles. The zero-order valence-corrected chi connectivity index (χ0v) is 14.6. The van der Waals surface area contributed by atoms with Gasteiger partial charge in [-0.05, 0) is 0 Å². The number of hydrogen-bond acceptors (Lipinski definition) is 0. The number of allylic oxidation sites excluding steroid dienone is 8. The fourth-order valence-corrected chi connectivity index (χ4v) is 1.80. The Hall–Kier alpha value is 0.410. The largest absolute Gasteiger partial charge is 4.00 e. The van der Waals surface area contributed by atoms with Gasteiger partial charge in [0, 0.05) is 0 Å². The first kappa shape index (κ1) is 18.8. The maximum absolute atomic E-state index is 3.33. The van der Waals surface area contributed by atoms with E-state index < -0.39 is 0 Å². The van der Waals surface area contributed by atoms with Gasteiger partial charge in [0.05, 0.1) is 0 Å². The normalized spacial score (nSPS) is 17.1. The Morgan fingerprint density at radius 1 is 0.938 bits per heavy atom. The summed E-state index contributed by atoms with van der Waals surface area (Å²) in [5.41, 5.74) is 5.57. The summed E-state index contributed by atoms with van der Waals surface area (Å²) in [4.78, 5) is 0. The molecule has 0 bridgehead atoms. The topological polar surface area (TPSA) is 0 Å². The van der Waals surface area contributed by atoms with Crippen LogP contribution in [0.2, 0.25) is 0 Å². The van der Waals surface area contributed by atoms with Crippen LogP contribution < -0.4 is 24.8 Å². The summed E-state index contributed by atoms with van der Waals surface area (Å²) >= 11 is 0. The van der Waals surface area contributed by atoms with Gasteiger partial charge in [-0.1, -0.05) is 13.8 Å². The van der Waals surface area contributed by atoms with Gasteiger partial charge in [-0.25, -0.2) is 22.3 Å². The van der Waals surface area contributed by atoms with Gasteiger partial charge >= 0.3 is 25.8 Å². The third-order valence-corrected chi connectivity index (χ3v) is 2.78. The maximum Gasteiger partial charge on any atom is 4.00 e. The standard InChI is InChI=1S/C13H14.2ClH.Hf/c1-10-5-3-7-12(10)9-13-8-4-6-11(13)2;;;/h7-8H,3-4,9H2,1-2H3;2*1H;/q-2;;;+4/p-2. The summed E-state index contributed by atoms with van der Waals surface area (Å²) in [6, 6.07) is 0. The van der Waals surface area contributed by atoms with Crippen molar-refractivity contribution in [3.05, 3.63) is 46.6 Å². The van der Waals surface area contributed by atoms with Crippen LogP contribution in [0.3, 0.4) is 0 Å². The molecule has 0 fully saturated rings. The zero-order chi connectivity index (χ0) is 9.26. The minimum absolute atomic E-state index is 0. The van der Waals surface area contributed by atoms with Crippen LogP contribution in [-0.2, 0) is 25.8 Å². The van der Waals surface area contributed by atoms with E-state index in [1.165, 1.54) is 22.3 Å². The van der Waals surface area contributed by atoms with Crippen molar-refractivity contribution in [3.8, 4) is 0 Å². The van der Waals surface area contributed by atoms with E-state index in [4.69, 9.17) is 0 Å². The second kappa shape index (κ2) is 8.49. The van der Waals surface area contributed by atoms with Crippen molar-refractivity contribution in [2.75, 3.05) is 0 Å². The Bertz CT molecular complexity index is 315. The van der Waals surface area contributed by atoms with E-state index in [9.17, 15) is 0 Å². The summed E-state index contributed by atoms with van der Waals surface area (Å²) in [5.74, 6) is 0. The summed E-state index contributed by atoms with van der Waals surface area (Å²) in [6.07, 6.45) is 14.3. The molecule has 0 aromatic carbocycles. The molecule has 2 rings (SSSR count). The van der Waals surface area contributed by atoms with E-state index in [2.05, 4.69) is 38.2 Å². The predicted molar refractivity (Wildman–Crippen MR) is 54.9 cm³/mol. The van der Waals surface area contributed by atoms with Crippen molar-refractivity contribution < 1.29 is 50.7 Å². The van der Waals surface area contributed by atoms with Crippen LogP contribution in [0.25, 0.3) is 0 Å². The fraction of sp³-hybridized carbons (Fsp3) is 0.385. The molecular formula is C13H14Cl2Hf. The van der Waals surface area contributed by atoms with E-state index in [-0.39, 0.29) is 50.7 Å². The summed E-state index contributed by atoms with van der Waals surface area (Å²) in [5, 5.41) is 0. The molecule has 0 amide bonds. The van der Waals surface area contributed by atoms with Gasteiger partial charge in [-0.15, -0.1) is 19.3 Å². The van der Waals surface area contributed by atoms with Gasteiger partial charge in [-0.2, -0.15) is 12.2 Å². The first-order valence-corrected chi connectivity index (χ1v) is 4.81. The molecule has 0 aromatic heterocycles. The third-order valence-electron chi connectivity index (χ3n) is 2.78. The van der Waals surface area contributed by atoms with E-state index in [0.29, 0.717) is 0 Å². The minimum atomic E-state index is 0. The number of hydrogen-bond donors (Lipinski definition) is 0. The second-order valence-corrected chi connectivity index (χ2v) is 3.65. The van der Waals surface area contributed by atoms with E-state index in [1.54, 1.807) is 0 Å². The molecule has 0 spiro atoms. The molecule has 0 N–H and O–H groups in total. The minimum Gasteiger partial charge on any atom is -1.00 e. The Morgan fingerprint density at radius 3 is 1.56 bits per heavy atom. The molecule has 0 unspecified atom stereocenters. The van der Waals surface area contributed by atoms with Gasteiger partial charge in [-0.3, -0.25) is 12.2 Å². The van der Waals surface area contributed by atoms with Crippen LogP contribution in [0.15, 0.2) is 34.4 Å². The molecule has 2 aliphatic rings. The SMILES string of the molecule is CC1=[C-]CC=C1CC1=CC[C-]=C1C.[Cl-].[Cl-].[Hf+4]. The van der Waals surface area contributed by atoms with Crippen molar-refractivity contribution in [1.82, 2.24) is 0 Å². The Balaban J connectivity index is 0. The van der Waals surface area contributed by atoms with Gasteiger partial charge < -0.3 is 24.8 Å². The van der Waals surface area contributed by atoms with Crippen LogP contribution >= 0.6 is 0 Å². The van der Waals surface area contributed by atoms with Crippen molar-refractivity contribution in [2.24, 2.45) is 0 Å². The molecule has 0 aromatic rings. The predicted octanol–water partition coefficient (Wildman–Crippen LogP) is -2.46. The monoisotopic (exact) mass is 420 g/mol. The fourth-order valence-electron chi connectivity index (χ4n) is 1.80. The maximum atomic E-state index is 3.33. The zero-order valence-electron chi connectivity index (χ0n) is 9.53. The average molecular weight is 420 g/mol. The van der Waals surface area contributed by atoms with Crippen LogP contribution in [-0.4, -0.2) is 0 Å². The van der Waals surface area contributed by atoms with Crippen LogP contribution in [0.4, 0.5) is 0 Å². The molecule has 0 saturated carbocycles. The molecule has 0 aliphatic heterocycles. The van der Waals surface area contributed by atoms with Crippen molar-refractivity contribution in [2.45, 2.75) is 33.1 Å². The smallest absolute Gasteiger partial charge is 1.00 e. The van der Waals surface area contributed by atoms with E-state index >= 15 is 0 Å². The molecule has 0 nitrogen and oxygen atoms in total. The second-order valence-electron chi connectivity index (χ2n) is 3.65. The van der Waals surface area contributed by atoms with Crippen molar-refractivity contribution in [1.29, 1.82) is 0 Å². The number of halogens is 2. The first-order chi connectivity index (χ1) is 6.27. The molecule has 0 radical (unpaired) electrons. The Kier molecular flexibility index (Phi) is 9.96. The Labute approximate surface area is 130 Å². The van der Waals surface area contributed by atoms with Gasteiger partial charge in [0.1, 0.15) is 0 Å². The molecule has 84 valence electrons. The molecule has 3 heteroatoms. The molecule has 0 atom stereocenters. The summed E-state index contributed by atoms with van der Waals surface area (Å²) < 4.78 is 0. The molecule has 16 heavy (non-hydrogen) atoms. The van der Waals surface area contributed by atoms with Crippen molar-refractivity contribution >= 4 is 0 Å². The first-order valence-electron chi connectivity index (χ1n) is 4.81. The van der Waals surface area contributed by atoms with Crippen molar-refractivity contribution in [3.63, 3.8) is 0 Å². The average Bonchev–Trinajstić information content (AvgIpc) is 2.65. The van der Waals surface area contributed by atoms with Crippen LogP contribution in [0.5, 0.6) is 0 Å². The van der Waals surface area contributed by atoms with Crippen LogP contribution in [0, 0.1) is 12.2 Å². The van der Waals surface area contributed by atoms with Gasteiger partial charge in [0.25, 0.3) is 0 Å². The summed E-state index contributed by atoms with van der Waals surface area (Å²) in [6.45, 7) is 4.30. The van der Waals surface area contributed by atoms with E-state index in [1.807, 2.05) is 0 Å². The van der Waals surface area contributed by atoms with Gasteiger partial charge in [0.2, 0.25) is 0 Å². The van der Waals surface area contributed by atoms with Gasteiger partial charge in [0.15, 0.2) is 0 Å². The van der Waals surface area contributed by atoms with E-state index in [0.717, 1.165) is 19.3 Å².